The minimum atomic E-state index is -0.394. The topological polar surface area (TPSA) is 142 Å². The summed E-state index contributed by atoms with van der Waals surface area (Å²) >= 11 is 0. The smallest absolute Gasteiger partial charge is 0.272 e. The van der Waals surface area contributed by atoms with Gasteiger partial charge in [0.25, 0.3) is 23.6 Å². The Bertz CT molecular complexity index is 1730. The third kappa shape index (κ3) is 8.45. The summed E-state index contributed by atoms with van der Waals surface area (Å²) in [6.45, 7) is 4.36. The first-order valence-electron chi connectivity index (χ1n) is 15.3. The Kier molecular flexibility index (Phi) is 10.4. The van der Waals surface area contributed by atoms with Gasteiger partial charge in [0.05, 0.1) is 24.6 Å². The van der Waals surface area contributed by atoms with Gasteiger partial charge in [-0.25, -0.2) is 0 Å². The van der Waals surface area contributed by atoms with Crippen LogP contribution in [-0.4, -0.2) is 91.2 Å². The Morgan fingerprint density at radius 3 is 1.72 bits per heavy atom. The number of nitrogens with one attached hydrogen (secondary N) is 4. The molecule has 1 aliphatic rings. The molecule has 0 bridgehead atoms. The van der Waals surface area contributed by atoms with Gasteiger partial charge in [-0.2, -0.15) is 0 Å². The molecule has 1 fully saturated rings. The van der Waals surface area contributed by atoms with Crippen molar-refractivity contribution < 1.29 is 23.9 Å². The second kappa shape index (κ2) is 14.8. The van der Waals surface area contributed by atoms with Crippen LogP contribution in [0.3, 0.4) is 0 Å². The van der Waals surface area contributed by atoms with Gasteiger partial charge in [0.15, 0.2) is 0 Å². The van der Waals surface area contributed by atoms with Gasteiger partial charge in [0, 0.05) is 89.3 Å². The van der Waals surface area contributed by atoms with E-state index in [1.54, 1.807) is 84.2 Å². The molecule has 0 unspecified atom stereocenters. The number of morpholine rings is 1. The van der Waals surface area contributed by atoms with E-state index in [4.69, 9.17) is 4.74 Å². The van der Waals surface area contributed by atoms with E-state index >= 15 is 0 Å². The largest absolute Gasteiger partial charge is 0.379 e. The first kappa shape index (κ1) is 33.0. The monoisotopic (exact) mass is 640 g/mol. The predicted molar refractivity (Wildman–Crippen MR) is 181 cm³/mol. The van der Waals surface area contributed by atoms with E-state index in [1.807, 2.05) is 31.1 Å². The molecule has 4 aromatic rings. The van der Waals surface area contributed by atoms with Crippen LogP contribution in [-0.2, 0) is 18.8 Å². The molecule has 1 aliphatic heterocycles. The van der Waals surface area contributed by atoms with Gasteiger partial charge < -0.3 is 40.0 Å². The highest BCUT2D eigenvalue weighted by Crippen LogP contribution is 2.20. The first-order valence-corrected chi connectivity index (χ1v) is 15.3. The van der Waals surface area contributed by atoms with E-state index in [-0.39, 0.29) is 17.7 Å². The molecule has 4 amide bonds. The van der Waals surface area contributed by atoms with Crippen LogP contribution in [0.1, 0.15) is 41.7 Å². The van der Waals surface area contributed by atoms with Gasteiger partial charge in [-0.3, -0.25) is 24.1 Å². The number of aromatic nitrogens is 2. The number of aryl methyl sites for hydroxylation is 2. The predicted octanol–water partition coefficient (Wildman–Crippen LogP) is 3.25. The molecule has 0 saturated carbocycles. The molecule has 4 N–H and O–H groups in total. The van der Waals surface area contributed by atoms with E-state index in [0.717, 1.165) is 25.3 Å². The van der Waals surface area contributed by atoms with Crippen molar-refractivity contribution in [3.05, 3.63) is 95.6 Å². The van der Waals surface area contributed by atoms with Gasteiger partial charge in [-0.05, 0) is 60.7 Å². The van der Waals surface area contributed by atoms with Crippen LogP contribution in [0.5, 0.6) is 0 Å². The zero-order valence-electron chi connectivity index (χ0n) is 27.0. The number of carbonyl (C=O) groups is 4. The Balaban J connectivity index is 1.13. The van der Waals surface area contributed by atoms with Crippen LogP contribution in [0, 0.1) is 0 Å². The second-order valence-corrected chi connectivity index (χ2v) is 11.5. The fourth-order valence-electron chi connectivity index (χ4n) is 5.18. The molecule has 0 spiro atoms. The van der Waals surface area contributed by atoms with Gasteiger partial charge in [0.2, 0.25) is 0 Å². The highest BCUT2D eigenvalue weighted by atomic mass is 16.5. The van der Waals surface area contributed by atoms with Crippen LogP contribution in [0.25, 0.3) is 0 Å². The van der Waals surface area contributed by atoms with Crippen molar-refractivity contribution >= 4 is 46.4 Å². The summed E-state index contributed by atoms with van der Waals surface area (Å²) in [4.78, 5) is 55.6. The number of anilines is 4. The van der Waals surface area contributed by atoms with Crippen molar-refractivity contribution in [2.24, 2.45) is 14.1 Å². The molecule has 13 heteroatoms. The summed E-state index contributed by atoms with van der Waals surface area (Å²) in [7, 11) is 7.31. The molecule has 0 radical (unpaired) electrons. The number of hydrogen-bond donors (Lipinski definition) is 4. The molecule has 0 aliphatic carbocycles. The quantitative estimate of drug-likeness (QED) is 0.197. The first-order chi connectivity index (χ1) is 22.6. The molecule has 246 valence electrons. The summed E-state index contributed by atoms with van der Waals surface area (Å²) in [6, 6.07) is 17.0. The van der Waals surface area contributed by atoms with E-state index in [1.165, 1.54) is 0 Å². The maximum absolute atomic E-state index is 13.1. The van der Waals surface area contributed by atoms with Crippen molar-refractivity contribution in [1.29, 1.82) is 0 Å². The Hall–Kier alpha value is -5.40. The fourth-order valence-corrected chi connectivity index (χ4v) is 5.18. The minimum Gasteiger partial charge on any atom is -0.379 e. The molecule has 5 rings (SSSR count). The number of ether oxygens (including phenoxy) is 1. The van der Waals surface area contributed by atoms with Crippen molar-refractivity contribution in [3.63, 3.8) is 0 Å². The molecular formula is C34H40N8O5. The Morgan fingerprint density at radius 1 is 0.681 bits per heavy atom. The van der Waals surface area contributed by atoms with Gasteiger partial charge in [-0.15, -0.1) is 0 Å². The maximum Gasteiger partial charge on any atom is 0.272 e. The molecule has 3 heterocycles. The zero-order chi connectivity index (χ0) is 33.5. The van der Waals surface area contributed by atoms with Crippen molar-refractivity contribution in [3.8, 4) is 0 Å². The normalized spacial score (nSPS) is 13.1. The second-order valence-electron chi connectivity index (χ2n) is 11.5. The summed E-state index contributed by atoms with van der Waals surface area (Å²) in [5.41, 5.74) is 4.10. The lowest BCUT2D eigenvalue weighted by Crippen LogP contribution is -2.41. The third-order valence-corrected chi connectivity index (χ3v) is 7.86. The van der Waals surface area contributed by atoms with E-state index in [0.29, 0.717) is 59.3 Å². The highest BCUT2D eigenvalue weighted by Gasteiger charge is 2.18. The van der Waals surface area contributed by atoms with Crippen molar-refractivity contribution in [1.82, 2.24) is 19.4 Å². The summed E-state index contributed by atoms with van der Waals surface area (Å²) in [6.07, 6.45) is 3.31. The lowest BCUT2D eigenvalue weighted by molar-refractivity contribution is 0.0383. The van der Waals surface area contributed by atoms with Crippen LogP contribution >= 0.6 is 0 Å². The highest BCUT2D eigenvalue weighted by molar-refractivity contribution is 6.08. The van der Waals surface area contributed by atoms with Crippen LogP contribution in [0.2, 0.25) is 0 Å². The number of carbonyl (C=O) groups excluding carboxylic acids is 4. The van der Waals surface area contributed by atoms with E-state index in [9.17, 15) is 19.2 Å². The molecule has 13 nitrogen and oxygen atoms in total. The molecule has 2 aromatic carbocycles. The number of nitrogens with zero attached hydrogens (tertiary/aromatic N) is 4. The zero-order valence-corrected chi connectivity index (χ0v) is 27.0. The number of hydrogen-bond acceptors (Lipinski definition) is 7. The number of benzene rings is 2. The number of rotatable bonds is 11. The standard InChI is InChI=1S/C34H40N8O5/c1-39(2)28-11-7-24(8-12-28)31(43)36-25-9-5-23(6-10-25)32(44)37-26-20-30(41(4)21-26)34(46)38-27-19-29(40(3)22-27)33(45)35-13-14-42-15-17-47-18-16-42/h5-12,19-22H,13-18H2,1-4H3,(H,35,45)(H,36,43)(H,37,44)(H,38,46). The molecular weight excluding hydrogens is 600 g/mol. The number of amides is 4. The Morgan fingerprint density at radius 2 is 1.17 bits per heavy atom. The van der Waals surface area contributed by atoms with Gasteiger partial charge in [-0.1, -0.05) is 0 Å². The average molecular weight is 641 g/mol. The molecule has 2 aromatic heterocycles. The molecule has 1 saturated heterocycles. The van der Waals surface area contributed by atoms with Gasteiger partial charge >= 0.3 is 0 Å². The van der Waals surface area contributed by atoms with Gasteiger partial charge in [0.1, 0.15) is 11.4 Å². The SMILES string of the molecule is CN(C)c1ccc(C(=O)Nc2ccc(C(=O)Nc3cc(C(=O)Nc4cc(C(=O)NCCN5CCOCC5)n(C)c4)n(C)c3)cc2)cc1. The minimum absolute atomic E-state index is 0.226. The van der Waals surface area contributed by atoms with Crippen LogP contribution in [0.4, 0.5) is 22.7 Å². The summed E-state index contributed by atoms with van der Waals surface area (Å²) in [5, 5.41) is 11.4. The van der Waals surface area contributed by atoms with Crippen LogP contribution in [0.15, 0.2) is 73.1 Å². The van der Waals surface area contributed by atoms with E-state index in [2.05, 4.69) is 26.2 Å². The lowest BCUT2D eigenvalue weighted by Gasteiger charge is -2.26. The maximum atomic E-state index is 13.1. The summed E-state index contributed by atoms with van der Waals surface area (Å²) < 4.78 is 8.62. The van der Waals surface area contributed by atoms with Crippen molar-refractivity contribution in [2.45, 2.75) is 0 Å². The fraction of sp³-hybridized carbons (Fsp3) is 0.294. The van der Waals surface area contributed by atoms with Crippen LogP contribution < -0.4 is 26.2 Å². The average Bonchev–Trinajstić information content (AvgIpc) is 3.62. The Labute approximate surface area is 273 Å². The van der Waals surface area contributed by atoms with Crippen molar-refractivity contribution in [2.75, 3.05) is 74.3 Å². The third-order valence-electron chi connectivity index (χ3n) is 7.86. The lowest BCUT2D eigenvalue weighted by atomic mass is 10.1. The van der Waals surface area contributed by atoms with E-state index < -0.39 is 5.91 Å². The molecule has 0 atom stereocenters. The molecule has 47 heavy (non-hydrogen) atoms. The summed E-state index contributed by atoms with van der Waals surface area (Å²) in [5.74, 6) is -1.24.